The molecule has 0 bridgehead atoms. The summed E-state index contributed by atoms with van der Waals surface area (Å²) in [5.74, 6) is -0.177. The maximum Gasteiger partial charge on any atom is 0.246 e. The number of carbonyl (C=O) groups is 2. The van der Waals surface area contributed by atoms with Crippen LogP contribution in [0.4, 0.5) is 0 Å². The predicted molar refractivity (Wildman–Crippen MR) is 64.5 cm³/mol. The number of hydrogen-bond acceptors (Lipinski definition) is 3. The predicted octanol–water partition coefficient (Wildman–Crippen LogP) is 0.586. The fourth-order valence-corrected chi connectivity index (χ4v) is 1.18. The third kappa shape index (κ3) is 7.74. The molecule has 0 aromatic heterocycles. The molecule has 1 fully saturated rings. The summed E-state index contributed by atoms with van der Waals surface area (Å²) in [5.41, 5.74) is -0.319. The van der Waals surface area contributed by atoms with Gasteiger partial charge in [-0.05, 0) is 33.6 Å². The number of ether oxygens (including phenoxy) is 1. The zero-order chi connectivity index (χ0) is 12.9. The van der Waals surface area contributed by atoms with Crippen molar-refractivity contribution in [2.24, 2.45) is 0 Å². The van der Waals surface area contributed by atoms with E-state index in [9.17, 15) is 9.59 Å². The smallest absolute Gasteiger partial charge is 0.246 e. The first-order valence-electron chi connectivity index (χ1n) is 6.07. The van der Waals surface area contributed by atoms with E-state index in [0.29, 0.717) is 19.0 Å². The van der Waals surface area contributed by atoms with Crippen LogP contribution in [0, 0.1) is 0 Å². The summed E-state index contributed by atoms with van der Waals surface area (Å²) in [6.07, 6.45) is 2.49. The molecule has 0 atom stereocenters. The molecular weight excluding hydrogens is 220 g/mol. The standard InChI is InChI=1S/C12H22N2O3/c1-12(2,3)17-8-11(16)13-7-6-10(15)14-9-4-5-9/h9H,4-8H2,1-3H3,(H,13,16)(H,14,15). The summed E-state index contributed by atoms with van der Waals surface area (Å²) in [5, 5.41) is 5.52. The van der Waals surface area contributed by atoms with Crippen molar-refractivity contribution in [3.8, 4) is 0 Å². The van der Waals surface area contributed by atoms with E-state index in [-0.39, 0.29) is 24.0 Å². The Bertz CT molecular complexity index is 280. The minimum atomic E-state index is -0.319. The van der Waals surface area contributed by atoms with Crippen LogP contribution in [0.15, 0.2) is 0 Å². The summed E-state index contributed by atoms with van der Waals surface area (Å²) in [7, 11) is 0. The minimum Gasteiger partial charge on any atom is -0.366 e. The van der Waals surface area contributed by atoms with Gasteiger partial charge in [0.15, 0.2) is 0 Å². The van der Waals surface area contributed by atoms with Gasteiger partial charge in [-0.3, -0.25) is 9.59 Å². The van der Waals surface area contributed by atoms with E-state index in [4.69, 9.17) is 4.74 Å². The molecule has 0 unspecified atom stereocenters. The molecule has 0 saturated heterocycles. The molecule has 1 aliphatic rings. The summed E-state index contributed by atoms with van der Waals surface area (Å²) < 4.78 is 5.31. The lowest BCUT2D eigenvalue weighted by Crippen LogP contribution is -2.35. The third-order valence-corrected chi connectivity index (χ3v) is 2.25. The van der Waals surface area contributed by atoms with Crippen LogP contribution in [-0.4, -0.2) is 36.6 Å². The maximum absolute atomic E-state index is 11.3. The number of amides is 2. The van der Waals surface area contributed by atoms with Crippen LogP contribution in [0.5, 0.6) is 0 Å². The van der Waals surface area contributed by atoms with Gasteiger partial charge >= 0.3 is 0 Å². The Morgan fingerprint density at radius 3 is 2.41 bits per heavy atom. The van der Waals surface area contributed by atoms with Crippen LogP contribution >= 0.6 is 0 Å². The molecule has 0 aromatic carbocycles. The van der Waals surface area contributed by atoms with Crippen molar-refractivity contribution in [3.63, 3.8) is 0 Å². The third-order valence-electron chi connectivity index (χ3n) is 2.25. The van der Waals surface area contributed by atoms with Gasteiger partial charge in [0.25, 0.3) is 0 Å². The molecule has 2 N–H and O–H groups in total. The summed E-state index contributed by atoms with van der Waals surface area (Å²) in [4.78, 5) is 22.6. The van der Waals surface area contributed by atoms with E-state index in [1.54, 1.807) is 0 Å². The summed E-state index contributed by atoms with van der Waals surface area (Å²) >= 11 is 0. The van der Waals surface area contributed by atoms with Crippen LogP contribution in [0.1, 0.15) is 40.0 Å². The van der Waals surface area contributed by atoms with E-state index < -0.39 is 0 Å². The van der Waals surface area contributed by atoms with Crippen LogP contribution in [-0.2, 0) is 14.3 Å². The number of nitrogens with one attached hydrogen (secondary N) is 2. The van der Waals surface area contributed by atoms with Crippen LogP contribution in [0.25, 0.3) is 0 Å². The molecule has 0 heterocycles. The van der Waals surface area contributed by atoms with Crippen LogP contribution < -0.4 is 10.6 Å². The van der Waals surface area contributed by atoms with Gasteiger partial charge in [-0.2, -0.15) is 0 Å². The van der Waals surface area contributed by atoms with Crippen molar-refractivity contribution in [1.29, 1.82) is 0 Å². The summed E-state index contributed by atoms with van der Waals surface area (Å²) in [6.45, 7) is 6.08. The quantitative estimate of drug-likeness (QED) is 0.716. The van der Waals surface area contributed by atoms with Gasteiger partial charge in [-0.1, -0.05) is 0 Å². The largest absolute Gasteiger partial charge is 0.366 e. The molecular formula is C12H22N2O3. The maximum atomic E-state index is 11.3. The molecule has 0 spiro atoms. The number of hydrogen-bond donors (Lipinski definition) is 2. The molecule has 1 saturated carbocycles. The van der Waals surface area contributed by atoms with E-state index in [1.165, 1.54) is 0 Å². The molecule has 0 aromatic rings. The molecule has 5 heteroatoms. The molecule has 0 radical (unpaired) electrons. The van der Waals surface area contributed by atoms with E-state index in [0.717, 1.165) is 12.8 Å². The lowest BCUT2D eigenvalue weighted by Gasteiger charge is -2.18. The zero-order valence-electron chi connectivity index (χ0n) is 10.8. The van der Waals surface area contributed by atoms with Gasteiger partial charge in [0.05, 0.1) is 5.60 Å². The molecule has 1 rings (SSSR count). The van der Waals surface area contributed by atoms with Crippen molar-refractivity contribution >= 4 is 11.8 Å². The second-order valence-electron chi connectivity index (χ2n) is 5.34. The van der Waals surface area contributed by atoms with Crippen molar-refractivity contribution in [2.45, 2.75) is 51.7 Å². The average Bonchev–Trinajstić information content (AvgIpc) is 2.97. The minimum absolute atomic E-state index is 0.00420. The Morgan fingerprint density at radius 2 is 1.88 bits per heavy atom. The van der Waals surface area contributed by atoms with E-state index in [1.807, 2.05) is 20.8 Å². The molecule has 0 aliphatic heterocycles. The van der Waals surface area contributed by atoms with Crippen LogP contribution in [0.3, 0.4) is 0 Å². The summed E-state index contributed by atoms with van der Waals surface area (Å²) in [6, 6.07) is 0.377. The van der Waals surface area contributed by atoms with Crippen LogP contribution in [0.2, 0.25) is 0 Å². The van der Waals surface area contributed by atoms with Crippen molar-refractivity contribution in [2.75, 3.05) is 13.2 Å². The van der Waals surface area contributed by atoms with Gasteiger partial charge < -0.3 is 15.4 Å². The molecule has 2 amide bonds. The topological polar surface area (TPSA) is 67.4 Å². The van der Waals surface area contributed by atoms with Gasteiger partial charge in [-0.25, -0.2) is 0 Å². The number of carbonyl (C=O) groups excluding carboxylic acids is 2. The highest BCUT2D eigenvalue weighted by atomic mass is 16.5. The first-order chi connectivity index (χ1) is 7.87. The SMILES string of the molecule is CC(C)(C)OCC(=O)NCCC(=O)NC1CC1. The molecule has 1 aliphatic carbocycles. The Hall–Kier alpha value is -1.10. The molecule has 5 nitrogen and oxygen atoms in total. The lowest BCUT2D eigenvalue weighted by atomic mass is 10.2. The van der Waals surface area contributed by atoms with Crippen molar-refractivity contribution in [1.82, 2.24) is 10.6 Å². The number of rotatable bonds is 6. The monoisotopic (exact) mass is 242 g/mol. The first kappa shape index (κ1) is 14.0. The van der Waals surface area contributed by atoms with Gasteiger partial charge in [0, 0.05) is 19.0 Å². The fraction of sp³-hybridized carbons (Fsp3) is 0.833. The second-order valence-corrected chi connectivity index (χ2v) is 5.34. The normalized spacial score (nSPS) is 15.5. The molecule has 98 valence electrons. The highest BCUT2D eigenvalue weighted by Crippen LogP contribution is 2.18. The van der Waals surface area contributed by atoms with E-state index >= 15 is 0 Å². The Balaban J connectivity index is 2.01. The second kappa shape index (κ2) is 6.00. The highest BCUT2D eigenvalue weighted by molar-refractivity contribution is 5.79. The van der Waals surface area contributed by atoms with Crippen molar-refractivity contribution < 1.29 is 14.3 Å². The zero-order valence-corrected chi connectivity index (χ0v) is 10.8. The first-order valence-corrected chi connectivity index (χ1v) is 6.07. The Kier molecular flexibility index (Phi) is 4.93. The van der Waals surface area contributed by atoms with Gasteiger partial charge in [-0.15, -0.1) is 0 Å². The van der Waals surface area contributed by atoms with Crippen molar-refractivity contribution in [3.05, 3.63) is 0 Å². The molecule has 17 heavy (non-hydrogen) atoms. The Labute approximate surface area is 102 Å². The van der Waals surface area contributed by atoms with E-state index in [2.05, 4.69) is 10.6 Å². The van der Waals surface area contributed by atoms with Gasteiger partial charge in [0.1, 0.15) is 6.61 Å². The Morgan fingerprint density at radius 1 is 1.24 bits per heavy atom. The fourth-order valence-electron chi connectivity index (χ4n) is 1.18. The van der Waals surface area contributed by atoms with Gasteiger partial charge in [0.2, 0.25) is 11.8 Å². The lowest BCUT2D eigenvalue weighted by molar-refractivity contribution is -0.130. The average molecular weight is 242 g/mol. The highest BCUT2D eigenvalue weighted by Gasteiger charge is 2.22.